The summed E-state index contributed by atoms with van der Waals surface area (Å²) < 4.78 is 5.78. The minimum absolute atomic E-state index is 0.0365. The molecule has 0 bridgehead atoms. The summed E-state index contributed by atoms with van der Waals surface area (Å²) in [4.78, 5) is 137. The van der Waals surface area contributed by atoms with Crippen molar-refractivity contribution in [1.82, 2.24) is 46.7 Å². The first-order valence-corrected chi connectivity index (χ1v) is 24.7. The molecule has 22 heteroatoms. The quantitative estimate of drug-likeness (QED) is 0.0383. The van der Waals surface area contributed by atoms with E-state index in [4.69, 9.17) is 17.6 Å². The van der Waals surface area contributed by atoms with Crippen molar-refractivity contribution < 1.29 is 57.8 Å². The van der Waals surface area contributed by atoms with Crippen molar-refractivity contribution in [3.8, 4) is 24.7 Å². The second-order valence-electron chi connectivity index (χ2n) is 18.6. The number of terminal acetylenes is 2. The van der Waals surface area contributed by atoms with Gasteiger partial charge in [-0.25, -0.2) is 4.98 Å². The zero-order chi connectivity index (χ0) is 55.4. The summed E-state index contributed by atoms with van der Waals surface area (Å²) in [6.07, 6.45) is 8.44. The maximum absolute atomic E-state index is 14.6. The molecule has 7 N–H and O–H groups in total. The number of likely N-dealkylation sites (N-methyl/N-ethyl adjacent to an activating group) is 2. The predicted molar refractivity (Wildman–Crippen MR) is 271 cm³/mol. The number of nitrogens with one attached hydrogen (secondary N) is 6. The number of rotatable bonds is 27. The van der Waals surface area contributed by atoms with Crippen molar-refractivity contribution >= 4 is 70.5 Å². The summed E-state index contributed by atoms with van der Waals surface area (Å²) in [5.41, 5.74) is 0.940. The normalized spacial score (nSPS) is 14.7. The summed E-state index contributed by atoms with van der Waals surface area (Å²) in [6.45, 7) is 16.3. The third kappa shape index (κ3) is 19.0. The second-order valence-corrected chi connectivity index (χ2v) is 19.5. The fraction of sp³-hybridized carbons (Fsp3) is 0.549. The topological polar surface area (TPSA) is 292 Å². The van der Waals surface area contributed by atoms with E-state index in [-0.39, 0.29) is 24.5 Å². The summed E-state index contributed by atoms with van der Waals surface area (Å²) in [5, 5.41) is 26.1. The number of amides is 8. The van der Waals surface area contributed by atoms with E-state index in [0.29, 0.717) is 17.8 Å². The lowest BCUT2D eigenvalue weighted by Gasteiger charge is -2.38. The van der Waals surface area contributed by atoms with Crippen molar-refractivity contribution in [2.45, 2.75) is 143 Å². The molecule has 1 heterocycles. The van der Waals surface area contributed by atoms with E-state index in [1.165, 1.54) is 38.1 Å². The zero-order valence-electron chi connectivity index (χ0n) is 43.6. The average molecular weight is 1030 g/mol. The number of carbonyl (C=O) groups excluding carboxylic acids is 9. The third-order valence-electron chi connectivity index (χ3n) is 12.1. The zero-order valence-corrected chi connectivity index (χ0v) is 44.4. The number of ether oxygens (including phenoxy) is 1. The Labute approximate surface area is 431 Å². The molecule has 9 unspecified atom stereocenters. The second kappa shape index (κ2) is 29.3. The largest absolute Gasteiger partial charge is 0.481 e. The number of carboxylic acid groups (broad SMARTS) is 1. The Morgan fingerprint density at radius 1 is 0.726 bits per heavy atom. The smallest absolute Gasteiger partial charge is 0.306 e. The highest BCUT2D eigenvalue weighted by atomic mass is 32.1. The number of hydrogen-bond acceptors (Lipinski definition) is 13. The highest BCUT2D eigenvalue weighted by Crippen LogP contribution is 2.31. The van der Waals surface area contributed by atoms with E-state index >= 15 is 0 Å². The van der Waals surface area contributed by atoms with Gasteiger partial charge < -0.3 is 51.5 Å². The Hall–Kier alpha value is -7.33. The fourth-order valence-electron chi connectivity index (χ4n) is 7.86. The maximum Gasteiger partial charge on any atom is 0.306 e. The lowest BCUT2D eigenvalue weighted by molar-refractivity contribution is -0.149. The van der Waals surface area contributed by atoms with Crippen LogP contribution in [0.1, 0.15) is 116 Å². The van der Waals surface area contributed by atoms with Crippen LogP contribution in [0, 0.1) is 48.4 Å². The molecule has 2 aromatic rings. The Balaban J connectivity index is 2.32. The van der Waals surface area contributed by atoms with Crippen molar-refractivity contribution in [3.63, 3.8) is 0 Å². The standard InChI is InChI=1S/C51H71N9O12S/c1-15-29(8)41(58-46(66)42(28(6)7)60(14)49(68)32(11)53-44(64)31(10)52-47(67)43(56-39(62)16-2)57-40(63)17-3)50(69)59(13)37(27(4)5)25-38(72-33(12)61)48-55-36(26-73-48)45(65)54-35(23-30(9)51(70)71)24-34-21-19-18-20-22-34/h2-3,18-22,26-32,35,37-38,41-43H,15,23-25H2,1,4-14H3,(H,52,67)(H,53,64)(H,54,65)(H,56,62)(H,57,63)(H,58,66)(H,70,71). The molecule has 0 aliphatic rings. The summed E-state index contributed by atoms with van der Waals surface area (Å²) >= 11 is 1.09. The molecule has 2 rings (SSSR count). The van der Waals surface area contributed by atoms with Gasteiger partial charge in [0.15, 0.2) is 12.3 Å². The molecule has 21 nitrogen and oxygen atoms in total. The van der Waals surface area contributed by atoms with Gasteiger partial charge in [0.05, 0.1) is 5.92 Å². The van der Waals surface area contributed by atoms with Gasteiger partial charge in [0, 0.05) is 44.9 Å². The van der Waals surface area contributed by atoms with Crippen LogP contribution < -0.4 is 31.9 Å². The molecule has 0 spiro atoms. The number of carbonyl (C=O) groups is 10. The third-order valence-corrected chi connectivity index (χ3v) is 13.1. The number of aromatic nitrogens is 1. The number of aliphatic carboxylic acids is 1. The van der Waals surface area contributed by atoms with Crippen LogP contribution in [0.15, 0.2) is 35.7 Å². The molecular weight excluding hydrogens is 963 g/mol. The number of carboxylic acids is 1. The van der Waals surface area contributed by atoms with Gasteiger partial charge in [-0.1, -0.05) is 85.2 Å². The molecule has 9 atom stereocenters. The maximum atomic E-state index is 14.6. The molecule has 0 aliphatic carbocycles. The van der Waals surface area contributed by atoms with Gasteiger partial charge in [0.2, 0.25) is 23.6 Å². The lowest BCUT2D eigenvalue weighted by atomic mass is 9.92. The minimum Gasteiger partial charge on any atom is -0.481 e. The molecule has 0 fully saturated rings. The van der Waals surface area contributed by atoms with Crippen LogP contribution in [-0.2, 0) is 54.3 Å². The number of nitrogens with zero attached hydrogens (tertiary/aromatic N) is 3. The van der Waals surface area contributed by atoms with Gasteiger partial charge in [-0.3, -0.25) is 47.9 Å². The van der Waals surface area contributed by atoms with Gasteiger partial charge in [0.25, 0.3) is 23.6 Å². The Kier molecular flexibility index (Phi) is 24.8. The first-order chi connectivity index (χ1) is 34.2. The summed E-state index contributed by atoms with van der Waals surface area (Å²) in [5.74, 6) is -6.41. The molecule has 0 saturated heterocycles. The van der Waals surface area contributed by atoms with Crippen LogP contribution in [0.3, 0.4) is 0 Å². The van der Waals surface area contributed by atoms with Gasteiger partial charge in [-0.05, 0) is 61.8 Å². The van der Waals surface area contributed by atoms with E-state index in [0.717, 1.165) is 21.8 Å². The lowest BCUT2D eigenvalue weighted by Crippen LogP contribution is -2.61. The van der Waals surface area contributed by atoms with Crippen LogP contribution in [0.5, 0.6) is 0 Å². The monoisotopic (exact) mass is 1030 g/mol. The molecule has 0 aliphatic heterocycles. The van der Waals surface area contributed by atoms with E-state index in [9.17, 15) is 53.1 Å². The molecule has 1 aromatic heterocycles. The Morgan fingerprint density at radius 2 is 1.30 bits per heavy atom. The Morgan fingerprint density at radius 3 is 1.81 bits per heavy atom. The number of benzene rings is 1. The van der Waals surface area contributed by atoms with Crippen molar-refractivity contribution in [1.29, 1.82) is 0 Å². The van der Waals surface area contributed by atoms with Crippen LogP contribution in [0.25, 0.3) is 0 Å². The number of esters is 1. The van der Waals surface area contributed by atoms with Crippen molar-refractivity contribution in [2.75, 3.05) is 14.1 Å². The van der Waals surface area contributed by atoms with Crippen LogP contribution in [0.4, 0.5) is 0 Å². The van der Waals surface area contributed by atoms with Crippen molar-refractivity contribution in [2.24, 2.45) is 23.7 Å². The van der Waals surface area contributed by atoms with Crippen molar-refractivity contribution in [3.05, 3.63) is 52.0 Å². The minimum atomic E-state index is -1.73. The van der Waals surface area contributed by atoms with Crippen LogP contribution in [-0.4, -0.2) is 136 Å². The first kappa shape index (κ1) is 61.8. The number of hydrogen-bond donors (Lipinski definition) is 7. The van der Waals surface area contributed by atoms with Crippen LogP contribution >= 0.6 is 11.3 Å². The fourth-order valence-corrected chi connectivity index (χ4v) is 8.70. The molecule has 8 amide bonds. The van der Waals surface area contributed by atoms with E-state index < -0.39 is 125 Å². The Bertz CT molecular complexity index is 2350. The summed E-state index contributed by atoms with van der Waals surface area (Å²) in [6, 6.07) is 3.38. The van der Waals surface area contributed by atoms with E-state index in [1.807, 2.05) is 51.1 Å². The highest BCUT2D eigenvalue weighted by molar-refractivity contribution is 7.09. The van der Waals surface area contributed by atoms with E-state index in [1.54, 1.807) is 46.6 Å². The number of thiazole rings is 1. The SMILES string of the molecule is C#CC(=O)NC(NC(=O)C#C)C(=O)NC(C)C(=O)NC(C)C(=O)N(C)C(C(=O)NC(C(=O)N(C)C(CC(OC(C)=O)c1nc(C(=O)NC(Cc2ccccc2)CC(C)C(=O)O)cs1)C(C)C)C(C)CC)C(C)C. The van der Waals surface area contributed by atoms with Gasteiger partial charge >= 0.3 is 11.9 Å². The molecule has 1 aromatic carbocycles. The van der Waals surface area contributed by atoms with E-state index in [2.05, 4.69) is 36.9 Å². The van der Waals surface area contributed by atoms with Gasteiger partial charge in [-0.2, -0.15) is 0 Å². The average Bonchev–Trinajstić information content (AvgIpc) is 3.84. The van der Waals surface area contributed by atoms with Gasteiger partial charge in [0.1, 0.15) is 34.9 Å². The highest BCUT2D eigenvalue weighted by Gasteiger charge is 2.39. The molecule has 398 valence electrons. The molecular formula is C51H71N9O12S. The van der Waals surface area contributed by atoms with Crippen LogP contribution in [0.2, 0.25) is 0 Å². The first-order valence-electron chi connectivity index (χ1n) is 23.9. The molecule has 0 radical (unpaired) electrons. The predicted octanol–water partition coefficient (Wildman–Crippen LogP) is 1.92. The summed E-state index contributed by atoms with van der Waals surface area (Å²) in [7, 11) is 2.95. The van der Waals surface area contributed by atoms with Gasteiger partial charge in [-0.15, -0.1) is 24.2 Å². The molecule has 73 heavy (non-hydrogen) atoms. The molecule has 0 saturated carbocycles.